The van der Waals surface area contributed by atoms with Gasteiger partial charge in [0, 0.05) is 16.7 Å². The van der Waals surface area contributed by atoms with Gasteiger partial charge in [0.15, 0.2) is 0 Å². The zero-order valence-corrected chi connectivity index (χ0v) is 14.1. The highest BCUT2D eigenvalue weighted by atomic mass is 127. The van der Waals surface area contributed by atoms with Gasteiger partial charge < -0.3 is 5.32 Å². The first-order chi connectivity index (χ1) is 8.61. The largest absolute Gasteiger partial charge is 0.310 e. The minimum absolute atomic E-state index is 0.344. The molecule has 0 aliphatic carbocycles. The van der Waals surface area contributed by atoms with E-state index in [4.69, 9.17) is 0 Å². The van der Waals surface area contributed by atoms with Crippen LogP contribution in [0.1, 0.15) is 25.5 Å². The maximum atomic E-state index is 4.31. The van der Waals surface area contributed by atoms with Crippen LogP contribution in [0.3, 0.4) is 0 Å². The fraction of sp³-hybridized carbons (Fsp3) is 0.308. The van der Waals surface area contributed by atoms with E-state index >= 15 is 0 Å². The van der Waals surface area contributed by atoms with E-state index in [0.717, 1.165) is 20.3 Å². The first-order valence-corrected chi connectivity index (χ1v) is 7.72. The number of halogens is 2. The fourth-order valence-corrected chi connectivity index (χ4v) is 2.97. The van der Waals surface area contributed by atoms with Gasteiger partial charge in [-0.2, -0.15) is 5.10 Å². The van der Waals surface area contributed by atoms with Crippen molar-refractivity contribution in [2.75, 3.05) is 6.54 Å². The second-order valence-electron chi connectivity index (χ2n) is 4.09. The molecule has 0 fully saturated rings. The summed E-state index contributed by atoms with van der Waals surface area (Å²) in [7, 11) is 0. The molecular formula is C13H15BrIN3. The molecule has 0 amide bonds. The smallest absolute Gasteiger partial charge is 0.0657 e. The summed E-state index contributed by atoms with van der Waals surface area (Å²) in [6, 6.07) is 6.68. The Kier molecular flexibility index (Phi) is 4.80. The molecule has 1 heterocycles. The third-order valence-electron chi connectivity index (χ3n) is 2.78. The van der Waals surface area contributed by atoms with Gasteiger partial charge in [-0.15, -0.1) is 0 Å². The molecule has 0 saturated heterocycles. The van der Waals surface area contributed by atoms with Gasteiger partial charge in [0.2, 0.25) is 0 Å². The summed E-state index contributed by atoms with van der Waals surface area (Å²) in [5.74, 6) is 0. The molecule has 0 bridgehead atoms. The Hall–Kier alpha value is -0.400. The quantitative estimate of drug-likeness (QED) is 0.761. The van der Waals surface area contributed by atoms with Gasteiger partial charge in [-0.25, -0.2) is 4.68 Å². The van der Waals surface area contributed by atoms with Crippen LogP contribution in [0.15, 0.2) is 35.1 Å². The number of aromatic nitrogens is 2. The third kappa shape index (κ3) is 3.13. The van der Waals surface area contributed by atoms with Crippen LogP contribution in [0.5, 0.6) is 0 Å². The Balaban J connectivity index is 2.30. The van der Waals surface area contributed by atoms with Crippen molar-refractivity contribution in [1.82, 2.24) is 15.1 Å². The van der Waals surface area contributed by atoms with Crippen LogP contribution < -0.4 is 5.32 Å². The topological polar surface area (TPSA) is 29.9 Å². The highest BCUT2D eigenvalue weighted by Crippen LogP contribution is 2.26. The Morgan fingerprint density at radius 1 is 1.50 bits per heavy atom. The lowest BCUT2D eigenvalue weighted by Gasteiger charge is -2.15. The van der Waals surface area contributed by atoms with Crippen LogP contribution in [-0.4, -0.2) is 16.3 Å². The first kappa shape index (κ1) is 14.0. The lowest BCUT2D eigenvalue weighted by molar-refractivity contribution is 0.596. The van der Waals surface area contributed by atoms with Crippen LogP contribution >= 0.6 is 38.5 Å². The van der Waals surface area contributed by atoms with Crippen molar-refractivity contribution in [3.63, 3.8) is 0 Å². The van der Waals surface area contributed by atoms with Crippen LogP contribution in [0.25, 0.3) is 5.69 Å². The summed E-state index contributed by atoms with van der Waals surface area (Å²) in [6.45, 7) is 5.25. The first-order valence-electron chi connectivity index (χ1n) is 5.85. The Labute approximate surface area is 129 Å². The maximum Gasteiger partial charge on any atom is 0.0657 e. The predicted octanol–water partition coefficient (Wildman–Crippen LogP) is 3.91. The van der Waals surface area contributed by atoms with E-state index in [-0.39, 0.29) is 0 Å². The molecule has 96 valence electrons. The van der Waals surface area contributed by atoms with Crippen molar-refractivity contribution in [1.29, 1.82) is 0 Å². The molecular weight excluding hydrogens is 405 g/mol. The summed E-state index contributed by atoms with van der Waals surface area (Å²) >= 11 is 5.90. The molecule has 18 heavy (non-hydrogen) atoms. The number of hydrogen-bond acceptors (Lipinski definition) is 2. The van der Waals surface area contributed by atoms with Crippen molar-refractivity contribution in [2.45, 2.75) is 19.9 Å². The molecule has 0 aliphatic rings. The molecule has 1 atom stereocenters. The molecule has 0 radical (unpaired) electrons. The lowest BCUT2D eigenvalue weighted by atomic mass is 10.1. The molecule has 1 unspecified atom stereocenters. The van der Waals surface area contributed by atoms with Gasteiger partial charge in [-0.05, 0) is 53.8 Å². The summed E-state index contributed by atoms with van der Waals surface area (Å²) in [5, 5.41) is 7.72. The molecule has 0 aliphatic heterocycles. The number of hydrogen-bond donors (Lipinski definition) is 1. The van der Waals surface area contributed by atoms with Crippen molar-refractivity contribution < 1.29 is 0 Å². The van der Waals surface area contributed by atoms with Gasteiger partial charge in [0.05, 0.1) is 15.5 Å². The van der Waals surface area contributed by atoms with Crippen LogP contribution in [0.2, 0.25) is 0 Å². The average Bonchev–Trinajstić information content (AvgIpc) is 2.76. The van der Waals surface area contributed by atoms with E-state index in [1.807, 2.05) is 17.1 Å². The Morgan fingerprint density at radius 2 is 2.28 bits per heavy atom. The van der Waals surface area contributed by atoms with Gasteiger partial charge in [0.25, 0.3) is 0 Å². The SMILES string of the molecule is CCNC(C)c1ccc(-n2cc(I)cn2)cc1Br. The molecule has 2 aromatic rings. The second kappa shape index (κ2) is 6.16. The molecule has 1 N–H and O–H groups in total. The summed E-state index contributed by atoms with van der Waals surface area (Å²) in [4.78, 5) is 0. The molecule has 3 nitrogen and oxygen atoms in total. The standard InChI is InChI=1S/C13H15BrIN3/c1-3-16-9(2)12-5-4-11(6-13(12)14)18-8-10(15)7-17-18/h4-9,16H,3H2,1-2H3. The molecule has 1 aromatic heterocycles. The normalized spacial score (nSPS) is 12.7. The highest BCUT2D eigenvalue weighted by Gasteiger charge is 2.09. The van der Waals surface area contributed by atoms with E-state index in [1.165, 1.54) is 5.56 Å². The fourth-order valence-electron chi connectivity index (χ4n) is 1.87. The third-order valence-corrected chi connectivity index (χ3v) is 4.02. The summed E-state index contributed by atoms with van der Waals surface area (Å²) in [6.07, 6.45) is 3.86. The van der Waals surface area contributed by atoms with Gasteiger partial charge in [-0.3, -0.25) is 0 Å². The zero-order chi connectivity index (χ0) is 13.1. The van der Waals surface area contributed by atoms with Crippen LogP contribution in [0, 0.1) is 3.57 Å². The number of nitrogens with zero attached hydrogens (tertiary/aromatic N) is 2. The monoisotopic (exact) mass is 419 g/mol. The summed E-state index contributed by atoms with van der Waals surface area (Å²) < 4.78 is 4.13. The van der Waals surface area contributed by atoms with E-state index in [1.54, 1.807) is 0 Å². The summed E-state index contributed by atoms with van der Waals surface area (Å²) in [5.41, 5.74) is 2.33. The minimum Gasteiger partial charge on any atom is -0.310 e. The Morgan fingerprint density at radius 3 is 2.83 bits per heavy atom. The second-order valence-corrected chi connectivity index (χ2v) is 6.19. The minimum atomic E-state index is 0.344. The average molecular weight is 420 g/mol. The van der Waals surface area contributed by atoms with Crippen molar-refractivity contribution in [2.24, 2.45) is 0 Å². The maximum absolute atomic E-state index is 4.31. The Bertz CT molecular complexity index is 539. The number of nitrogens with one attached hydrogen (secondary N) is 1. The van der Waals surface area contributed by atoms with Crippen molar-refractivity contribution in [3.8, 4) is 5.69 Å². The molecule has 1 aromatic carbocycles. The number of benzene rings is 1. The number of rotatable bonds is 4. The van der Waals surface area contributed by atoms with Crippen molar-refractivity contribution in [3.05, 3.63) is 44.2 Å². The van der Waals surface area contributed by atoms with Crippen LogP contribution in [0.4, 0.5) is 0 Å². The molecule has 0 spiro atoms. The predicted molar refractivity (Wildman–Crippen MR) is 86.1 cm³/mol. The van der Waals surface area contributed by atoms with E-state index in [0.29, 0.717) is 6.04 Å². The van der Waals surface area contributed by atoms with Gasteiger partial charge in [0.1, 0.15) is 0 Å². The van der Waals surface area contributed by atoms with Gasteiger partial charge >= 0.3 is 0 Å². The molecule has 5 heteroatoms. The molecule has 0 saturated carbocycles. The van der Waals surface area contributed by atoms with Crippen molar-refractivity contribution >= 4 is 38.5 Å². The highest BCUT2D eigenvalue weighted by molar-refractivity contribution is 14.1. The van der Waals surface area contributed by atoms with E-state index in [9.17, 15) is 0 Å². The zero-order valence-electron chi connectivity index (χ0n) is 10.3. The molecule has 2 rings (SSSR count). The van der Waals surface area contributed by atoms with Crippen LogP contribution in [-0.2, 0) is 0 Å². The van der Waals surface area contributed by atoms with E-state index < -0.39 is 0 Å². The van der Waals surface area contributed by atoms with Gasteiger partial charge in [-0.1, -0.05) is 28.9 Å². The van der Waals surface area contributed by atoms with E-state index in [2.05, 4.69) is 81.0 Å². The lowest BCUT2D eigenvalue weighted by Crippen LogP contribution is -2.18.